The van der Waals surface area contributed by atoms with Gasteiger partial charge in [0.05, 0.1) is 23.5 Å². The first-order valence-corrected chi connectivity index (χ1v) is 12.0. The summed E-state index contributed by atoms with van der Waals surface area (Å²) < 4.78 is 89.4. The van der Waals surface area contributed by atoms with Crippen LogP contribution < -0.4 is 16.4 Å². The molecule has 41 heavy (non-hydrogen) atoms. The van der Waals surface area contributed by atoms with Gasteiger partial charge in [0.25, 0.3) is 18.3 Å². The lowest BCUT2D eigenvalue weighted by Crippen LogP contribution is -2.55. The third-order valence-electron chi connectivity index (χ3n) is 6.02. The molecule has 4 rings (SSSR count). The molecule has 0 saturated heterocycles. The number of aliphatic carboxylic acids is 1. The molecule has 5 N–H and O–H groups in total. The summed E-state index contributed by atoms with van der Waals surface area (Å²) in [6.07, 6.45) is -3.38. The van der Waals surface area contributed by atoms with Gasteiger partial charge in [-0.15, -0.1) is 0 Å². The van der Waals surface area contributed by atoms with Crippen LogP contribution >= 0.6 is 0 Å². The largest absolute Gasteiger partial charge is 0.490 e. The molecule has 0 aromatic carbocycles. The Kier molecular flexibility index (Phi) is 8.85. The van der Waals surface area contributed by atoms with Crippen molar-refractivity contribution in [2.24, 2.45) is 5.73 Å². The number of rotatable bonds is 5. The van der Waals surface area contributed by atoms with E-state index < -0.39 is 53.7 Å². The number of carboxylic acid groups (broad SMARTS) is 1. The number of nitrogens with two attached hydrogens (primary N) is 1. The summed E-state index contributed by atoms with van der Waals surface area (Å²) >= 11 is 0. The third-order valence-corrected chi connectivity index (χ3v) is 6.02. The summed E-state index contributed by atoms with van der Waals surface area (Å²) in [4.78, 5) is 26.2. The molecule has 0 unspecified atom stereocenters. The van der Waals surface area contributed by atoms with Crippen molar-refractivity contribution in [2.75, 3.05) is 10.6 Å². The van der Waals surface area contributed by atoms with Crippen molar-refractivity contribution in [3.8, 4) is 0 Å². The molecular formula is C23H27F7N8O3. The number of nitrogens with zero attached hydrogens (tertiary/aromatic N) is 5. The van der Waals surface area contributed by atoms with E-state index in [4.69, 9.17) is 15.6 Å². The molecule has 2 atom stereocenters. The van der Waals surface area contributed by atoms with Gasteiger partial charge in [0.2, 0.25) is 0 Å². The molecule has 226 valence electrons. The molecule has 11 nitrogen and oxygen atoms in total. The van der Waals surface area contributed by atoms with Gasteiger partial charge < -0.3 is 21.5 Å². The number of hydrogen-bond donors (Lipinski definition) is 4. The highest BCUT2D eigenvalue weighted by molar-refractivity contribution is 6.08. The Morgan fingerprint density at radius 2 is 1.85 bits per heavy atom. The van der Waals surface area contributed by atoms with Gasteiger partial charge in [-0.1, -0.05) is 0 Å². The van der Waals surface area contributed by atoms with Gasteiger partial charge in [-0.25, -0.2) is 31.9 Å². The smallest absolute Gasteiger partial charge is 0.475 e. The first-order valence-electron chi connectivity index (χ1n) is 12.0. The first kappa shape index (κ1) is 31.6. The average molecular weight is 597 g/mol. The van der Waals surface area contributed by atoms with Gasteiger partial charge in [-0.3, -0.25) is 9.48 Å². The Labute approximate surface area is 227 Å². The summed E-state index contributed by atoms with van der Waals surface area (Å²) in [6.45, 7) is 5.37. The van der Waals surface area contributed by atoms with Crippen LogP contribution in [0.5, 0.6) is 0 Å². The third kappa shape index (κ3) is 7.42. The van der Waals surface area contributed by atoms with Gasteiger partial charge in [-0.05, 0) is 39.7 Å². The van der Waals surface area contributed by atoms with Gasteiger partial charge in [0, 0.05) is 24.9 Å². The number of hydrogen-bond acceptors (Lipinski definition) is 7. The van der Waals surface area contributed by atoms with E-state index in [-0.39, 0.29) is 29.1 Å². The Bertz CT molecular complexity index is 1400. The lowest BCUT2D eigenvalue weighted by Gasteiger charge is -2.36. The van der Waals surface area contributed by atoms with Crippen molar-refractivity contribution < 1.29 is 45.4 Å². The minimum Gasteiger partial charge on any atom is -0.475 e. The summed E-state index contributed by atoms with van der Waals surface area (Å²) in [5.74, 6) is -6.21. The predicted octanol–water partition coefficient (Wildman–Crippen LogP) is 4.43. The fourth-order valence-corrected chi connectivity index (χ4v) is 3.84. The molecule has 1 aliphatic rings. The maximum Gasteiger partial charge on any atom is 0.490 e. The summed E-state index contributed by atoms with van der Waals surface area (Å²) in [5, 5.41) is 20.5. The summed E-state index contributed by atoms with van der Waals surface area (Å²) in [5.41, 5.74) is 4.63. The second-order valence-corrected chi connectivity index (χ2v) is 10.2. The highest BCUT2D eigenvalue weighted by Crippen LogP contribution is 2.34. The quantitative estimate of drug-likeness (QED) is 0.316. The van der Waals surface area contributed by atoms with Crippen molar-refractivity contribution in [1.82, 2.24) is 24.4 Å². The topological polar surface area (TPSA) is 152 Å². The SMILES string of the molecule is CC(C)(C)n1cc(NC(=O)c2cnn3ccc(N[C@@H]4CCCC(F)(F)[C@@H]4N)nc23)c(C(F)F)n1.O=C(O)C(F)(F)F. The molecule has 1 amide bonds. The fourth-order valence-electron chi connectivity index (χ4n) is 3.84. The van der Waals surface area contributed by atoms with Crippen LogP contribution in [-0.2, 0) is 10.3 Å². The lowest BCUT2D eigenvalue weighted by atomic mass is 9.87. The maximum absolute atomic E-state index is 14.0. The molecule has 1 fully saturated rings. The van der Waals surface area contributed by atoms with Crippen LogP contribution in [0, 0.1) is 0 Å². The fraction of sp³-hybridized carbons (Fsp3) is 0.522. The zero-order chi connectivity index (χ0) is 30.9. The van der Waals surface area contributed by atoms with Crippen LogP contribution in [0.25, 0.3) is 5.65 Å². The lowest BCUT2D eigenvalue weighted by molar-refractivity contribution is -0.192. The molecule has 3 aromatic heterocycles. The molecule has 18 heteroatoms. The van der Waals surface area contributed by atoms with Crippen molar-refractivity contribution in [3.63, 3.8) is 0 Å². The number of aromatic nitrogens is 5. The number of carbonyl (C=O) groups is 2. The molecule has 0 radical (unpaired) electrons. The van der Waals surface area contributed by atoms with Gasteiger partial charge in [-0.2, -0.15) is 23.4 Å². The molecule has 1 saturated carbocycles. The molecule has 1 aliphatic carbocycles. The van der Waals surface area contributed by atoms with Gasteiger partial charge >= 0.3 is 12.1 Å². The van der Waals surface area contributed by atoms with E-state index in [9.17, 15) is 35.5 Å². The molecular weight excluding hydrogens is 569 g/mol. The van der Waals surface area contributed by atoms with Gasteiger partial charge in [0.15, 0.2) is 11.3 Å². The second kappa shape index (κ2) is 11.5. The van der Waals surface area contributed by atoms with Crippen molar-refractivity contribution >= 4 is 29.0 Å². The Balaban J connectivity index is 0.000000587. The molecule has 0 aliphatic heterocycles. The summed E-state index contributed by atoms with van der Waals surface area (Å²) in [6, 6.07) is -0.543. The van der Waals surface area contributed by atoms with Crippen LogP contribution in [0.2, 0.25) is 0 Å². The van der Waals surface area contributed by atoms with Crippen molar-refractivity contribution in [3.05, 3.63) is 35.9 Å². The number of halogens is 7. The molecule has 3 heterocycles. The van der Waals surface area contributed by atoms with Crippen LogP contribution in [0.4, 0.5) is 42.2 Å². The highest BCUT2D eigenvalue weighted by atomic mass is 19.4. The number of alkyl halides is 7. The molecule has 3 aromatic rings. The number of amides is 1. The molecule has 0 spiro atoms. The normalized spacial score (nSPS) is 19.0. The van der Waals surface area contributed by atoms with Crippen LogP contribution in [0.1, 0.15) is 62.5 Å². The number of carboxylic acids is 1. The standard InChI is InChI=1S/C21H26F4N8O.C2HF3O2/c1-20(2,3)33-10-13(15(31-33)17(22)23)29-19(34)11-9-27-32-8-6-14(30-18(11)32)28-12-5-4-7-21(24,25)16(12)26;3-2(4,5)1(6)7/h6,8-10,12,16-17H,4-5,7,26H2,1-3H3,(H,28,30)(H,29,34);(H,6,7)/t12-,16-;/m1./s1. The number of fused-ring (bicyclic) bond motifs is 1. The minimum atomic E-state index is -5.08. The van der Waals surface area contributed by atoms with Gasteiger partial charge in [0.1, 0.15) is 11.4 Å². The first-order chi connectivity index (χ1) is 18.8. The van der Waals surface area contributed by atoms with E-state index in [2.05, 4.69) is 25.8 Å². The number of carbonyl (C=O) groups excluding carboxylic acids is 1. The van der Waals surface area contributed by atoms with E-state index in [1.807, 2.05) is 0 Å². The maximum atomic E-state index is 14.0. The zero-order valence-corrected chi connectivity index (χ0v) is 21.9. The molecule has 0 bridgehead atoms. The number of nitrogens with one attached hydrogen (secondary N) is 2. The van der Waals surface area contributed by atoms with Crippen LogP contribution in [0.3, 0.4) is 0 Å². The Morgan fingerprint density at radius 3 is 2.41 bits per heavy atom. The van der Waals surface area contributed by atoms with E-state index >= 15 is 0 Å². The van der Waals surface area contributed by atoms with E-state index in [0.717, 1.165) is 0 Å². The minimum absolute atomic E-state index is 0.0191. The summed E-state index contributed by atoms with van der Waals surface area (Å²) in [7, 11) is 0. The second-order valence-electron chi connectivity index (χ2n) is 10.2. The van der Waals surface area contributed by atoms with Crippen molar-refractivity contribution in [1.29, 1.82) is 0 Å². The Hall–Kier alpha value is -3.96. The van der Waals surface area contributed by atoms with E-state index in [0.29, 0.717) is 12.8 Å². The zero-order valence-electron chi connectivity index (χ0n) is 21.9. The van der Waals surface area contributed by atoms with E-state index in [1.54, 1.807) is 20.8 Å². The average Bonchev–Trinajstić information content (AvgIpc) is 3.46. The van der Waals surface area contributed by atoms with Crippen molar-refractivity contribution in [2.45, 2.75) is 76.2 Å². The highest BCUT2D eigenvalue weighted by Gasteiger charge is 2.44. The van der Waals surface area contributed by atoms with Crippen LogP contribution in [-0.4, -0.2) is 65.5 Å². The Morgan fingerprint density at radius 1 is 1.22 bits per heavy atom. The number of anilines is 2. The van der Waals surface area contributed by atoms with E-state index in [1.165, 1.54) is 33.9 Å². The monoisotopic (exact) mass is 596 g/mol. The predicted molar refractivity (Wildman–Crippen MR) is 131 cm³/mol. The van der Waals surface area contributed by atoms with Crippen LogP contribution in [0.15, 0.2) is 24.7 Å².